The molecule has 0 aliphatic carbocycles. The van der Waals surface area contributed by atoms with Crippen LogP contribution in [-0.2, 0) is 0 Å². The van der Waals surface area contributed by atoms with E-state index in [2.05, 4.69) is 4.98 Å². The lowest BCUT2D eigenvalue weighted by molar-refractivity contribution is 0.103. The van der Waals surface area contributed by atoms with Crippen molar-refractivity contribution in [3.05, 3.63) is 59.4 Å². The highest BCUT2D eigenvalue weighted by Gasteiger charge is 2.17. The maximum Gasteiger partial charge on any atom is 0.267 e. The summed E-state index contributed by atoms with van der Waals surface area (Å²) < 4.78 is 30.3. The lowest BCUT2D eigenvalue weighted by atomic mass is 10.0. The number of pyridine rings is 1. The minimum atomic E-state index is -2.64. The standard InChI is InChI=1S/C14H11F2NO2/c1-19-12-8-10(2-3-11(12)14(15)16)13(18)9-4-6-17-7-5-9/h2-8,14H,1H3. The van der Waals surface area contributed by atoms with Crippen LogP contribution in [0.15, 0.2) is 42.7 Å². The molecule has 1 aromatic carbocycles. The maximum atomic E-state index is 12.7. The molecule has 0 radical (unpaired) electrons. The second-order valence-electron chi connectivity index (χ2n) is 3.82. The number of aromatic nitrogens is 1. The van der Waals surface area contributed by atoms with E-state index in [0.717, 1.165) is 0 Å². The number of ether oxygens (including phenoxy) is 1. The Morgan fingerprint density at radius 3 is 2.42 bits per heavy atom. The van der Waals surface area contributed by atoms with Gasteiger partial charge in [-0.25, -0.2) is 8.78 Å². The highest BCUT2D eigenvalue weighted by molar-refractivity contribution is 6.09. The van der Waals surface area contributed by atoms with Gasteiger partial charge in [-0.15, -0.1) is 0 Å². The highest BCUT2D eigenvalue weighted by Crippen LogP contribution is 2.30. The van der Waals surface area contributed by atoms with Gasteiger partial charge in [-0.3, -0.25) is 9.78 Å². The fraction of sp³-hybridized carbons (Fsp3) is 0.143. The normalized spacial score (nSPS) is 10.5. The van der Waals surface area contributed by atoms with E-state index in [1.165, 1.54) is 37.7 Å². The molecule has 0 spiro atoms. The van der Waals surface area contributed by atoms with Crippen LogP contribution in [0.25, 0.3) is 0 Å². The molecule has 0 saturated carbocycles. The minimum Gasteiger partial charge on any atom is -0.496 e. The number of ketones is 1. The van der Waals surface area contributed by atoms with Gasteiger partial charge in [-0.05, 0) is 24.3 Å². The van der Waals surface area contributed by atoms with Gasteiger partial charge in [0.2, 0.25) is 0 Å². The third kappa shape index (κ3) is 2.76. The van der Waals surface area contributed by atoms with Crippen molar-refractivity contribution in [3.63, 3.8) is 0 Å². The Balaban J connectivity index is 2.39. The predicted molar refractivity (Wildman–Crippen MR) is 65.6 cm³/mol. The number of carbonyl (C=O) groups is 1. The van der Waals surface area contributed by atoms with E-state index in [-0.39, 0.29) is 17.1 Å². The number of carbonyl (C=O) groups excluding carboxylic acids is 1. The molecule has 0 aliphatic rings. The molecule has 0 bridgehead atoms. The second kappa shape index (κ2) is 5.56. The summed E-state index contributed by atoms with van der Waals surface area (Å²) in [5.74, 6) is -0.253. The summed E-state index contributed by atoms with van der Waals surface area (Å²) in [5.41, 5.74) is 0.517. The molecule has 3 nitrogen and oxygen atoms in total. The lowest BCUT2D eigenvalue weighted by Crippen LogP contribution is -2.03. The average molecular weight is 263 g/mol. The van der Waals surface area contributed by atoms with Crippen molar-refractivity contribution in [3.8, 4) is 5.75 Å². The lowest BCUT2D eigenvalue weighted by Gasteiger charge is -2.09. The number of nitrogens with zero attached hydrogens (tertiary/aromatic N) is 1. The average Bonchev–Trinajstić information content (AvgIpc) is 2.46. The van der Waals surface area contributed by atoms with Crippen LogP contribution in [0.1, 0.15) is 27.9 Å². The first-order valence-electron chi connectivity index (χ1n) is 5.54. The van der Waals surface area contributed by atoms with Crippen LogP contribution in [0.3, 0.4) is 0 Å². The molecule has 1 heterocycles. The predicted octanol–water partition coefficient (Wildman–Crippen LogP) is 3.26. The van der Waals surface area contributed by atoms with E-state index in [9.17, 15) is 13.6 Å². The second-order valence-corrected chi connectivity index (χ2v) is 3.82. The number of alkyl halides is 2. The monoisotopic (exact) mass is 263 g/mol. The molecule has 0 fully saturated rings. The van der Waals surface area contributed by atoms with Gasteiger partial charge in [0.05, 0.1) is 12.7 Å². The number of benzene rings is 1. The Hall–Kier alpha value is -2.30. The Labute approximate surface area is 108 Å². The summed E-state index contributed by atoms with van der Waals surface area (Å²) in [4.78, 5) is 15.9. The van der Waals surface area contributed by atoms with Crippen molar-refractivity contribution in [1.29, 1.82) is 0 Å². The summed E-state index contributed by atoms with van der Waals surface area (Å²) in [6, 6.07) is 7.03. The molecule has 19 heavy (non-hydrogen) atoms. The zero-order valence-corrected chi connectivity index (χ0v) is 10.1. The molecule has 2 rings (SSSR count). The van der Waals surface area contributed by atoms with Crippen LogP contribution in [0, 0.1) is 0 Å². The minimum absolute atomic E-state index is 0.00917. The molecular formula is C14H11F2NO2. The topological polar surface area (TPSA) is 39.2 Å². The Kier molecular flexibility index (Phi) is 3.85. The summed E-state index contributed by atoms with van der Waals surface area (Å²) in [7, 11) is 1.29. The van der Waals surface area contributed by atoms with E-state index >= 15 is 0 Å². The number of hydrogen-bond acceptors (Lipinski definition) is 3. The van der Waals surface area contributed by atoms with Gasteiger partial charge in [0, 0.05) is 23.5 Å². The van der Waals surface area contributed by atoms with E-state index in [1.54, 1.807) is 12.1 Å². The first-order valence-corrected chi connectivity index (χ1v) is 5.54. The summed E-state index contributed by atoms with van der Waals surface area (Å²) in [6.07, 6.45) is 0.357. The van der Waals surface area contributed by atoms with Crippen molar-refractivity contribution in [2.24, 2.45) is 0 Å². The summed E-state index contributed by atoms with van der Waals surface area (Å²) in [6.45, 7) is 0. The van der Waals surface area contributed by atoms with Gasteiger partial charge in [0.1, 0.15) is 5.75 Å². The van der Waals surface area contributed by atoms with Gasteiger partial charge in [0.25, 0.3) is 6.43 Å². The van der Waals surface area contributed by atoms with Crippen molar-refractivity contribution in [1.82, 2.24) is 4.98 Å². The smallest absolute Gasteiger partial charge is 0.267 e. The van der Waals surface area contributed by atoms with Crippen LogP contribution in [0.5, 0.6) is 5.75 Å². The Morgan fingerprint density at radius 1 is 1.16 bits per heavy atom. The van der Waals surface area contributed by atoms with Gasteiger partial charge < -0.3 is 4.74 Å². The van der Waals surface area contributed by atoms with Crippen LogP contribution in [-0.4, -0.2) is 17.9 Å². The molecule has 5 heteroatoms. The van der Waals surface area contributed by atoms with E-state index < -0.39 is 6.43 Å². The zero-order chi connectivity index (χ0) is 13.8. The van der Waals surface area contributed by atoms with Gasteiger partial charge >= 0.3 is 0 Å². The molecule has 98 valence electrons. The van der Waals surface area contributed by atoms with E-state index in [1.807, 2.05) is 0 Å². The van der Waals surface area contributed by atoms with Crippen LogP contribution < -0.4 is 4.74 Å². The zero-order valence-electron chi connectivity index (χ0n) is 10.1. The maximum absolute atomic E-state index is 12.7. The van der Waals surface area contributed by atoms with Gasteiger partial charge in [0.15, 0.2) is 5.78 Å². The molecular weight excluding hydrogens is 252 g/mol. The fourth-order valence-corrected chi connectivity index (χ4v) is 1.70. The van der Waals surface area contributed by atoms with Crippen LogP contribution in [0.2, 0.25) is 0 Å². The molecule has 0 N–H and O–H groups in total. The number of halogens is 2. The Morgan fingerprint density at radius 2 is 1.84 bits per heavy atom. The SMILES string of the molecule is COc1cc(C(=O)c2ccncc2)ccc1C(F)F. The van der Waals surface area contributed by atoms with Crippen molar-refractivity contribution >= 4 is 5.78 Å². The molecule has 2 aromatic rings. The van der Waals surface area contributed by atoms with E-state index in [4.69, 9.17) is 4.74 Å². The number of rotatable bonds is 4. The third-order valence-corrected chi connectivity index (χ3v) is 2.67. The molecule has 0 atom stereocenters. The fourth-order valence-electron chi connectivity index (χ4n) is 1.70. The number of methoxy groups -OCH3 is 1. The van der Waals surface area contributed by atoms with E-state index in [0.29, 0.717) is 11.1 Å². The molecule has 0 saturated heterocycles. The largest absolute Gasteiger partial charge is 0.496 e. The van der Waals surface area contributed by atoms with Crippen molar-refractivity contribution in [2.45, 2.75) is 6.43 Å². The first-order chi connectivity index (χ1) is 9.13. The van der Waals surface area contributed by atoms with Crippen molar-refractivity contribution in [2.75, 3.05) is 7.11 Å². The molecule has 0 amide bonds. The van der Waals surface area contributed by atoms with Gasteiger partial charge in [-0.2, -0.15) is 0 Å². The number of hydrogen-bond donors (Lipinski definition) is 0. The first kappa shape index (κ1) is 13.1. The molecule has 0 aliphatic heterocycles. The third-order valence-electron chi connectivity index (χ3n) is 2.67. The summed E-state index contributed by atoms with van der Waals surface area (Å²) in [5, 5.41) is 0. The molecule has 1 aromatic heterocycles. The summed E-state index contributed by atoms with van der Waals surface area (Å²) >= 11 is 0. The highest BCUT2D eigenvalue weighted by atomic mass is 19.3. The quantitative estimate of drug-likeness (QED) is 0.795. The van der Waals surface area contributed by atoms with Crippen molar-refractivity contribution < 1.29 is 18.3 Å². The molecule has 0 unspecified atom stereocenters. The van der Waals surface area contributed by atoms with Crippen LogP contribution in [0.4, 0.5) is 8.78 Å². The van der Waals surface area contributed by atoms with Gasteiger partial charge in [-0.1, -0.05) is 6.07 Å². The van der Waals surface area contributed by atoms with Crippen LogP contribution >= 0.6 is 0 Å². The Bertz CT molecular complexity index is 585.